The van der Waals surface area contributed by atoms with Crippen LogP contribution in [0.15, 0.2) is 59.0 Å². The molecular weight excluding hydrogens is 404 g/mol. The topological polar surface area (TPSA) is 89.7 Å². The molecule has 0 aliphatic carbocycles. The lowest BCUT2D eigenvalue weighted by atomic mass is 10.2. The number of amides is 1. The molecule has 158 valence electrons. The van der Waals surface area contributed by atoms with E-state index in [-0.39, 0.29) is 5.75 Å². The number of nitrogens with zero attached hydrogens (tertiary/aromatic N) is 2. The van der Waals surface area contributed by atoms with Gasteiger partial charge >= 0.3 is 0 Å². The normalized spacial score (nSPS) is 11.3. The van der Waals surface area contributed by atoms with E-state index in [1.807, 2.05) is 30.3 Å². The molecule has 3 rings (SSSR count). The molecule has 0 N–H and O–H groups in total. The minimum Gasteiger partial charge on any atom is -0.497 e. The molecule has 0 aliphatic heterocycles. The van der Waals surface area contributed by atoms with Gasteiger partial charge in [-0.2, -0.15) is 0 Å². The van der Waals surface area contributed by atoms with Crippen molar-refractivity contribution in [3.8, 4) is 17.2 Å². The summed E-state index contributed by atoms with van der Waals surface area (Å²) in [5.74, 6) is -0.0582. The Hall–Kier alpha value is -3.13. The average Bonchev–Trinajstić information content (AvgIpc) is 3.08. The lowest BCUT2D eigenvalue weighted by Gasteiger charge is -2.17. The van der Waals surface area contributed by atoms with Gasteiger partial charge in [0.2, 0.25) is 11.8 Å². The van der Waals surface area contributed by atoms with Crippen molar-refractivity contribution in [1.29, 1.82) is 0 Å². The van der Waals surface area contributed by atoms with E-state index in [9.17, 15) is 13.2 Å². The Balaban J connectivity index is 1.69. The van der Waals surface area contributed by atoms with Gasteiger partial charge in [-0.3, -0.25) is 4.79 Å². The van der Waals surface area contributed by atoms with Crippen molar-refractivity contribution in [2.24, 2.45) is 0 Å². The predicted octanol–water partition coefficient (Wildman–Crippen LogP) is 3.23. The molecule has 8 heteroatoms. The van der Waals surface area contributed by atoms with Crippen molar-refractivity contribution in [3.05, 3.63) is 71.6 Å². The summed E-state index contributed by atoms with van der Waals surface area (Å²) in [6, 6.07) is 16.5. The van der Waals surface area contributed by atoms with Gasteiger partial charge in [0.25, 0.3) is 0 Å². The average molecular weight is 429 g/mol. The molecule has 1 heterocycles. The number of carbonyl (C=O) groups excluding carboxylic acids is 1. The smallest absolute Gasteiger partial charge is 0.237 e. The van der Waals surface area contributed by atoms with Crippen molar-refractivity contribution in [1.82, 2.24) is 9.88 Å². The second-order valence-electron chi connectivity index (χ2n) is 7.02. The SMILES string of the molecule is COc1cccc(-c2nc(CS(=O)(=O)CC(=O)N(C)Cc3ccccc3)c(C)o2)c1. The van der Waals surface area contributed by atoms with E-state index in [0.717, 1.165) is 5.56 Å². The predicted molar refractivity (Wildman–Crippen MR) is 114 cm³/mol. The van der Waals surface area contributed by atoms with E-state index in [0.29, 0.717) is 35.2 Å². The lowest BCUT2D eigenvalue weighted by molar-refractivity contribution is -0.127. The van der Waals surface area contributed by atoms with Gasteiger partial charge in [-0.15, -0.1) is 0 Å². The van der Waals surface area contributed by atoms with Gasteiger partial charge in [-0.1, -0.05) is 36.4 Å². The van der Waals surface area contributed by atoms with E-state index < -0.39 is 21.5 Å². The molecule has 0 fully saturated rings. The van der Waals surface area contributed by atoms with Gasteiger partial charge in [-0.25, -0.2) is 13.4 Å². The largest absolute Gasteiger partial charge is 0.497 e. The molecule has 7 nitrogen and oxygen atoms in total. The third-order valence-electron chi connectivity index (χ3n) is 4.60. The molecule has 0 unspecified atom stereocenters. The zero-order chi connectivity index (χ0) is 21.7. The Labute approximate surface area is 176 Å². The van der Waals surface area contributed by atoms with Crippen LogP contribution in [0.4, 0.5) is 0 Å². The summed E-state index contributed by atoms with van der Waals surface area (Å²) in [6.07, 6.45) is 0. The number of ether oxygens (including phenoxy) is 1. The lowest BCUT2D eigenvalue weighted by Crippen LogP contribution is -2.32. The van der Waals surface area contributed by atoms with Crippen molar-refractivity contribution < 1.29 is 22.4 Å². The molecular formula is C22H24N2O5S. The number of sulfone groups is 1. The van der Waals surface area contributed by atoms with Gasteiger partial charge in [-0.05, 0) is 30.7 Å². The van der Waals surface area contributed by atoms with Crippen molar-refractivity contribution in [2.45, 2.75) is 19.2 Å². The van der Waals surface area contributed by atoms with Crippen molar-refractivity contribution >= 4 is 15.7 Å². The van der Waals surface area contributed by atoms with Crippen molar-refractivity contribution in [2.75, 3.05) is 19.9 Å². The Bertz CT molecular complexity index is 1120. The summed E-state index contributed by atoms with van der Waals surface area (Å²) in [5, 5.41) is 0. The molecule has 0 saturated heterocycles. The summed E-state index contributed by atoms with van der Waals surface area (Å²) < 4.78 is 36.1. The molecule has 1 amide bonds. The van der Waals surface area contributed by atoms with Crippen LogP contribution in [-0.2, 0) is 26.9 Å². The second-order valence-corrected chi connectivity index (χ2v) is 9.09. The van der Waals surface area contributed by atoms with Crippen LogP contribution in [0.25, 0.3) is 11.5 Å². The highest BCUT2D eigenvalue weighted by Crippen LogP contribution is 2.26. The maximum atomic E-state index is 12.6. The highest BCUT2D eigenvalue weighted by molar-refractivity contribution is 7.91. The van der Waals surface area contributed by atoms with Gasteiger partial charge in [0.1, 0.15) is 17.3 Å². The van der Waals surface area contributed by atoms with Crippen LogP contribution in [0.1, 0.15) is 17.0 Å². The Morgan fingerprint density at radius 2 is 1.87 bits per heavy atom. The number of benzene rings is 2. The zero-order valence-corrected chi connectivity index (χ0v) is 18.0. The van der Waals surface area contributed by atoms with Crippen LogP contribution >= 0.6 is 0 Å². The van der Waals surface area contributed by atoms with Crippen LogP contribution in [0, 0.1) is 6.92 Å². The van der Waals surface area contributed by atoms with Crippen LogP contribution < -0.4 is 4.74 Å². The molecule has 0 bridgehead atoms. The Kier molecular flexibility index (Phi) is 6.56. The molecule has 30 heavy (non-hydrogen) atoms. The summed E-state index contributed by atoms with van der Waals surface area (Å²) >= 11 is 0. The third-order valence-corrected chi connectivity index (χ3v) is 6.00. The first-order chi connectivity index (χ1) is 14.3. The Morgan fingerprint density at radius 1 is 1.13 bits per heavy atom. The van der Waals surface area contributed by atoms with E-state index in [2.05, 4.69) is 4.98 Å². The maximum Gasteiger partial charge on any atom is 0.237 e. The summed E-state index contributed by atoms with van der Waals surface area (Å²) in [4.78, 5) is 18.2. The molecule has 2 aromatic carbocycles. The summed E-state index contributed by atoms with van der Waals surface area (Å²) in [7, 11) is -0.564. The number of hydrogen-bond acceptors (Lipinski definition) is 6. The van der Waals surface area contributed by atoms with E-state index in [1.165, 1.54) is 4.90 Å². The van der Waals surface area contributed by atoms with Gasteiger partial charge in [0.15, 0.2) is 9.84 Å². The Morgan fingerprint density at radius 3 is 2.57 bits per heavy atom. The first-order valence-corrected chi connectivity index (χ1v) is 11.2. The number of aromatic nitrogens is 1. The van der Waals surface area contributed by atoms with Crippen LogP contribution in [0.3, 0.4) is 0 Å². The minimum atomic E-state index is -3.71. The fraction of sp³-hybridized carbons (Fsp3) is 0.273. The number of carbonyl (C=O) groups is 1. The maximum absolute atomic E-state index is 12.6. The highest BCUT2D eigenvalue weighted by atomic mass is 32.2. The molecule has 0 aliphatic rings. The van der Waals surface area contributed by atoms with E-state index in [4.69, 9.17) is 9.15 Å². The first kappa shape index (κ1) is 21.6. The van der Waals surface area contributed by atoms with E-state index >= 15 is 0 Å². The molecule has 0 atom stereocenters. The third kappa shape index (κ3) is 5.48. The van der Waals surface area contributed by atoms with Gasteiger partial charge < -0.3 is 14.1 Å². The van der Waals surface area contributed by atoms with E-state index in [1.54, 1.807) is 45.3 Å². The number of oxazole rings is 1. The molecule has 0 saturated carbocycles. The highest BCUT2D eigenvalue weighted by Gasteiger charge is 2.24. The molecule has 0 spiro atoms. The zero-order valence-electron chi connectivity index (χ0n) is 17.2. The van der Waals surface area contributed by atoms with Gasteiger partial charge in [0.05, 0.1) is 18.6 Å². The van der Waals surface area contributed by atoms with Gasteiger partial charge in [0, 0.05) is 19.2 Å². The van der Waals surface area contributed by atoms with Crippen molar-refractivity contribution in [3.63, 3.8) is 0 Å². The second kappa shape index (κ2) is 9.13. The molecule has 3 aromatic rings. The molecule has 0 radical (unpaired) electrons. The number of rotatable bonds is 8. The minimum absolute atomic E-state index is 0.298. The number of aryl methyl sites for hydroxylation is 1. The summed E-state index contributed by atoms with van der Waals surface area (Å²) in [6.45, 7) is 2.00. The quantitative estimate of drug-likeness (QED) is 0.547. The fourth-order valence-electron chi connectivity index (χ4n) is 2.94. The monoisotopic (exact) mass is 428 g/mol. The van der Waals surface area contributed by atoms with Crippen LogP contribution in [0.5, 0.6) is 5.75 Å². The fourth-order valence-corrected chi connectivity index (χ4v) is 4.33. The number of hydrogen-bond donors (Lipinski definition) is 0. The first-order valence-electron chi connectivity index (χ1n) is 9.36. The molecule has 1 aromatic heterocycles. The van der Waals surface area contributed by atoms with Crippen LogP contribution in [-0.4, -0.2) is 44.1 Å². The number of methoxy groups -OCH3 is 1. The summed E-state index contributed by atoms with van der Waals surface area (Å²) in [5.41, 5.74) is 1.91. The standard InChI is InChI=1S/C22H24N2O5S/c1-16-20(23-22(29-16)18-10-7-11-19(12-18)28-3)14-30(26,27)15-21(25)24(2)13-17-8-5-4-6-9-17/h4-12H,13-15H2,1-3H3. The van der Waals surface area contributed by atoms with Crippen LogP contribution in [0.2, 0.25) is 0 Å².